The highest BCUT2D eigenvalue weighted by Gasteiger charge is 2.36. The van der Waals surface area contributed by atoms with Crippen LogP contribution in [0.4, 0.5) is 20.2 Å². The second kappa shape index (κ2) is 9.82. The fourth-order valence-corrected chi connectivity index (χ4v) is 4.96. The monoisotopic (exact) mass is 581 g/mol. The van der Waals surface area contributed by atoms with Crippen molar-refractivity contribution >= 4 is 33.2 Å². The fourth-order valence-electron chi connectivity index (χ4n) is 4.70. The van der Waals surface area contributed by atoms with E-state index in [0.29, 0.717) is 33.8 Å². The lowest BCUT2D eigenvalue weighted by Crippen LogP contribution is -2.31. The summed E-state index contributed by atoms with van der Waals surface area (Å²) in [5.41, 5.74) is 4.10. The van der Waals surface area contributed by atoms with Gasteiger partial charge in [0.1, 0.15) is 23.9 Å². The summed E-state index contributed by atoms with van der Waals surface area (Å²) in [6.45, 7) is 0.0723. The van der Waals surface area contributed by atoms with Crippen LogP contribution >= 0.6 is 15.9 Å². The smallest absolute Gasteiger partial charge is 0.250 e. The zero-order chi connectivity index (χ0) is 26.4. The first-order chi connectivity index (χ1) is 18.4. The summed E-state index contributed by atoms with van der Waals surface area (Å²) < 4.78 is 37.0. The van der Waals surface area contributed by atoms with Crippen LogP contribution in [0.5, 0.6) is 0 Å². The van der Waals surface area contributed by atoms with E-state index in [1.165, 1.54) is 18.2 Å². The zero-order valence-corrected chi connectivity index (χ0v) is 21.5. The molecule has 0 spiro atoms. The molecule has 2 atom stereocenters. The van der Waals surface area contributed by atoms with Crippen LogP contribution < -0.4 is 10.6 Å². The summed E-state index contributed by atoms with van der Waals surface area (Å²) in [5, 5.41) is 20.0. The van der Waals surface area contributed by atoms with Crippen LogP contribution in [0, 0.1) is 11.6 Å². The van der Waals surface area contributed by atoms with E-state index in [2.05, 4.69) is 26.6 Å². The van der Waals surface area contributed by atoms with Crippen molar-refractivity contribution in [1.29, 1.82) is 0 Å². The molecule has 1 saturated heterocycles. The summed E-state index contributed by atoms with van der Waals surface area (Å²) in [6.07, 6.45) is 0.288. The summed E-state index contributed by atoms with van der Waals surface area (Å²) in [6, 6.07) is 16.5. The Hall–Kier alpha value is -3.80. The van der Waals surface area contributed by atoms with E-state index in [4.69, 9.17) is 9.84 Å². The minimum Gasteiger partial charge on any atom is -0.357 e. The van der Waals surface area contributed by atoms with Gasteiger partial charge in [-0.15, -0.1) is 0 Å². The predicted molar refractivity (Wildman–Crippen MR) is 140 cm³/mol. The van der Waals surface area contributed by atoms with Gasteiger partial charge in [-0.3, -0.25) is 4.79 Å². The quantitative estimate of drug-likeness (QED) is 0.303. The highest BCUT2D eigenvalue weighted by Crippen LogP contribution is 2.36. The van der Waals surface area contributed by atoms with Crippen LogP contribution in [0.25, 0.3) is 16.9 Å². The van der Waals surface area contributed by atoms with Crippen molar-refractivity contribution in [1.82, 2.24) is 14.7 Å². The molecule has 11 heteroatoms. The van der Waals surface area contributed by atoms with Gasteiger partial charge < -0.3 is 25.4 Å². The molecule has 2 aliphatic rings. The van der Waals surface area contributed by atoms with Crippen LogP contribution in [-0.2, 0) is 16.0 Å². The third-order valence-corrected chi connectivity index (χ3v) is 7.11. The van der Waals surface area contributed by atoms with Crippen molar-refractivity contribution in [2.45, 2.75) is 19.0 Å². The van der Waals surface area contributed by atoms with Crippen molar-refractivity contribution in [2.75, 3.05) is 23.8 Å². The van der Waals surface area contributed by atoms with E-state index in [9.17, 15) is 18.7 Å². The lowest BCUT2D eigenvalue weighted by molar-refractivity contribution is -0.128. The molecule has 0 saturated carbocycles. The largest absolute Gasteiger partial charge is 0.357 e. The topological polar surface area (TPSA) is 91.7 Å². The second-order valence-electron chi connectivity index (χ2n) is 9.04. The molecule has 38 heavy (non-hydrogen) atoms. The number of rotatable bonds is 6. The molecule has 3 N–H and O–H groups in total. The standard InChI is InChI=1S/C27H22BrF2N5O3/c28-17-3-7-19(8-4-17)35-13-20(25(33-35)15-1-5-18(29)6-2-15)26-34(24(36)14-38-26)10-9-16-11-22-23(12-21(16)30)32-27(37)31-22/h1-8,11-13,26-27,31-32,37H,9-10,14H2/t26-,27?/m1/s1. The number of benzene rings is 3. The van der Waals surface area contributed by atoms with Crippen molar-refractivity contribution in [2.24, 2.45) is 0 Å². The van der Waals surface area contributed by atoms with Crippen LogP contribution in [0.15, 0.2) is 71.3 Å². The molecule has 2 aliphatic heterocycles. The number of amides is 1. The average molecular weight is 582 g/mol. The maximum atomic E-state index is 14.8. The minimum absolute atomic E-state index is 0.124. The van der Waals surface area contributed by atoms with Crippen LogP contribution in [-0.4, -0.2) is 45.2 Å². The number of fused-ring (bicyclic) bond motifs is 1. The molecule has 3 heterocycles. The van der Waals surface area contributed by atoms with E-state index in [1.807, 2.05) is 24.3 Å². The van der Waals surface area contributed by atoms with E-state index in [-0.39, 0.29) is 31.3 Å². The molecule has 0 radical (unpaired) electrons. The molecular weight excluding hydrogens is 560 g/mol. The molecule has 1 unspecified atom stereocenters. The summed E-state index contributed by atoms with van der Waals surface area (Å²) >= 11 is 3.43. The molecule has 6 rings (SSSR count). The highest BCUT2D eigenvalue weighted by molar-refractivity contribution is 9.10. The zero-order valence-electron chi connectivity index (χ0n) is 19.9. The van der Waals surface area contributed by atoms with Gasteiger partial charge in [0.2, 0.25) is 6.35 Å². The van der Waals surface area contributed by atoms with Gasteiger partial charge in [-0.2, -0.15) is 5.10 Å². The summed E-state index contributed by atoms with van der Waals surface area (Å²) in [7, 11) is 0. The van der Waals surface area contributed by atoms with E-state index in [0.717, 1.165) is 10.2 Å². The summed E-state index contributed by atoms with van der Waals surface area (Å²) in [4.78, 5) is 14.4. The molecule has 1 fully saturated rings. The number of aromatic nitrogens is 2. The normalized spacial score (nSPS) is 18.4. The van der Waals surface area contributed by atoms with Crippen LogP contribution in [0.1, 0.15) is 17.4 Å². The Labute approximate surface area is 225 Å². The Kier molecular flexibility index (Phi) is 6.34. The first-order valence-electron chi connectivity index (χ1n) is 11.9. The number of nitrogens with zero attached hydrogens (tertiary/aromatic N) is 3. The van der Waals surface area contributed by atoms with Gasteiger partial charge >= 0.3 is 0 Å². The van der Waals surface area contributed by atoms with Gasteiger partial charge in [0.25, 0.3) is 5.91 Å². The molecule has 1 aromatic heterocycles. The maximum Gasteiger partial charge on any atom is 0.250 e. The molecule has 4 aromatic rings. The Bertz CT molecular complexity index is 1510. The number of carbonyl (C=O) groups is 1. The predicted octanol–water partition coefficient (Wildman–Crippen LogP) is 4.79. The maximum absolute atomic E-state index is 14.8. The van der Waals surface area contributed by atoms with Gasteiger partial charge in [0, 0.05) is 28.3 Å². The van der Waals surface area contributed by atoms with Gasteiger partial charge in [-0.25, -0.2) is 13.5 Å². The number of carbonyl (C=O) groups excluding carboxylic acids is 1. The molecule has 0 aliphatic carbocycles. The van der Waals surface area contributed by atoms with E-state index in [1.54, 1.807) is 34.0 Å². The molecule has 3 aromatic carbocycles. The molecule has 8 nitrogen and oxygen atoms in total. The van der Waals surface area contributed by atoms with E-state index >= 15 is 0 Å². The Morgan fingerprint density at radius 2 is 1.76 bits per heavy atom. The molecular formula is C27H22BrF2N5O3. The molecule has 1 amide bonds. The highest BCUT2D eigenvalue weighted by atomic mass is 79.9. The van der Waals surface area contributed by atoms with Crippen molar-refractivity contribution in [3.05, 3.63) is 94.1 Å². The second-order valence-corrected chi connectivity index (χ2v) is 9.96. The first kappa shape index (κ1) is 24.5. The van der Waals surface area contributed by atoms with Crippen LogP contribution in [0.2, 0.25) is 0 Å². The van der Waals surface area contributed by atoms with Gasteiger partial charge in [0.05, 0.1) is 17.1 Å². The Morgan fingerprint density at radius 1 is 1.05 bits per heavy atom. The number of anilines is 2. The minimum atomic E-state index is -0.982. The van der Waals surface area contributed by atoms with Gasteiger partial charge in [-0.05, 0) is 72.6 Å². The van der Waals surface area contributed by atoms with Crippen molar-refractivity contribution in [3.63, 3.8) is 0 Å². The lowest BCUT2D eigenvalue weighted by atomic mass is 10.1. The lowest BCUT2D eigenvalue weighted by Gasteiger charge is -2.23. The average Bonchev–Trinajstić information content (AvgIpc) is 3.59. The number of ether oxygens (including phenoxy) is 1. The van der Waals surface area contributed by atoms with Crippen LogP contribution in [0.3, 0.4) is 0 Å². The Morgan fingerprint density at radius 3 is 2.50 bits per heavy atom. The Balaban J connectivity index is 1.33. The number of aliphatic hydroxyl groups excluding tert-OH is 1. The van der Waals surface area contributed by atoms with Gasteiger partial charge in [-0.1, -0.05) is 15.9 Å². The molecule has 0 bridgehead atoms. The van der Waals surface area contributed by atoms with Crippen molar-refractivity contribution < 1.29 is 23.4 Å². The number of aliphatic hydroxyl groups is 1. The SMILES string of the molecule is O=C1CO[C@H](c2cn(-c3ccc(Br)cc3)nc2-c2ccc(F)cc2)N1CCc1cc2c(cc1F)NC(O)N2. The number of hydrogen-bond donors (Lipinski definition) is 3. The van der Waals surface area contributed by atoms with E-state index < -0.39 is 18.4 Å². The van der Waals surface area contributed by atoms with Crippen molar-refractivity contribution in [3.8, 4) is 16.9 Å². The van der Waals surface area contributed by atoms with Gasteiger partial charge in [0.15, 0.2) is 6.23 Å². The number of halogens is 3. The first-order valence-corrected chi connectivity index (χ1v) is 12.7. The fraction of sp³-hybridized carbons (Fsp3) is 0.185. The number of hydrogen-bond acceptors (Lipinski definition) is 6. The third-order valence-electron chi connectivity index (χ3n) is 6.58. The third kappa shape index (κ3) is 4.64. The number of nitrogens with one attached hydrogen (secondary N) is 2. The summed E-state index contributed by atoms with van der Waals surface area (Å²) in [5.74, 6) is -1.04. The molecule has 194 valence electrons.